The van der Waals surface area contributed by atoms with Gasteiger partial charge in [0.2, 0.25) is 10.0 Å². The van der Waals surface area contributed by atoms with Crippen molar-refractivity contribution >= 4 is 28.9 Å². The molecule has 0 unspecified atom stereocenters. The number of benzene rings is 2. The van der Waals surface area contributed by atoms with Gasteiger partial charge in [0, 0.05) is 18.8 Å². The molecule has 0 amide bonds. The van der Waals surface area contributed by atoms with E-state index in [0.29, 0.717) is 22.9 Å². The molecule has 33 heavy (non-hydrogen) atoms. The molecule has 0 fully saturated rings. The van der Waals surface area contributed by atoms with E-state index in [1.165, 1.54) is 62.6 Å². The summed E-state index contributed by atoms with van der Waals surface area (Å²) >= 11 is 5.92. The van der Waals surface area contributed by atoms with Gasteiger partial charge in [-0.15, -0.1) is 0 Å². The lowest BCUT2D eigenvalue weighted by Crippen LogP contribution is -2.26. The quantitative estimate of drug-likeness (QED) is 0.234. The van der Waals surface area contributed by atoms with Gasteiger partial charge < -0.3 is 0 Å². The third-order valence-corrected chi connectivity index (χ3v) is 12.9. The van der Waals surface area contributed by atoms with Crippen LogP contribution in [0, 0.1) is 0 Å². The molecule has 0 bridgehead atoms. The van der Waals surface area contributed by atoms with E-state index in [4.69, 9.17) is 11.6 Å². The van der Waals surface area contributed by atoms with Gasteiger partial charge in [-0.1, -0.05) is 75.9 Å². The minimum absolute atomic E-state index is 0.349. The maximum absolute atomic E-state index is 12.8. The van der Waals surface area contributed by atoms with Crippen LogP contribution in [0.5, 0.6) is 0 Å². The maximum atomic E-state index is 12.8. The Balaban J connectivity index is 2.05. The van der Waals surface area contributed by atoms with E-state index >= 15 is 0 Å². The molecule has 0 radical (unpaired) electrons. The smallest absolute Gasteiger partial charge is 0.211 e. The summed E-state index contributed by atoms with van der Waals surface area (Å²) in [6.45, 7) is 7.22. The third-order valence-electron chi connectivity index (χ3n) is 6.33. The van der Waals surface area contributed by atoms with Gasteiger partial charge in [0.25, 0.3) is 0 Å². The monoisotopic (exact) mass is 510 g/mol. The van der Waals surface area contributed by atoms with Gasteiger partial charge >= 0.3 is 0 Å². The Morgan fingerprint density at radius 1 is 0.758 bits per heavy atom. The zero-order valence-corrected chi connectivity index (χ0v) is 23.1. The van der Waals surface area contributed by atoms with Crippen LogP contribution in [0.2, 0.25) is 5.02 Å². The van der Waals surface area contributed by atoms with Gasteiger partial charge in [-0.2, -0.15) is 0 Å². The van der Waals surface area contributed by atoms with E-state index in [9.17, 15) is 8.42 Å². The highest BCUT2D eigenvalue weighted by Crippen LogP contribution is 2.63. The highest BCUT2D eigenvalue weighted by molar-refractivity contribution is 7.89. The van der Waals surface area contributed by atoms with Crippen LogP contribution in [0.25, 0.3) is 0 Å². The second-order valence-corrected chi connectivity index (χ2v) is 15.7. The van der Waals surface area contributed by atoms with Gasteiger partial charge in [0.15, 0.2) is 0 Å². The first kappa shape index (κ1) is 28.3. The predicted molar refractivity (Wildman–Crippen MR) is 147 cm³/mol. The number of hydrogen-bond acceptors (Lipinski definition) is 2. The number of sulfonamides is 1. The first-order valence-corrected chi connectivity index (χ1v) is 16.9. The summed E-state index contributed by atoms with van der Waals surface area (Å²) in [5, 5.41) is 0.685. The third kappa shape index (κ3) is 9.68. The molecule has 0 heterocycles. The van der Waals surface area contributed by atoms with Gasteiger partial charge in [-0.3, -0.25) is 0 Å². The SMILES string of the molecule is CCCC[P+](CCCC)(CCCC)Cc1ccc(S(=O)(=O)NCCc2ccc(Cl)cc2)cc1. The van der Waals surface area contributed by atoms with Crippen molar-refractivity contribution in [1.29, 1.82) is 0 Å². The fourth-order valence-corrected chi connectivity index (χ4v) is 10.5. The maximum Gasteiger partial charge on any atom is 0.240 e. The Bertz CT molecular complexity index is 892. The first-order chi connectivity index (χ1) is 15.8. The molecule has 0 saturated heterocycles. The molecular weight excluding hydrogens is 469 g/mol. The zero-order valence-electron chi connectivity index (χ0n) is 20.7. The van der Waals surface area contributed by atoms with Crippen LogP contribution in [-0.4, -0.2) is 33.4 Å². The minimum atomic E-state index is -3.51. The number of nitrogens with one attached hydrogen (secondary N) is 1. The van der Waals surface area contributed by atoms with Crippen molar-refractivity contribution in [3.8, 4) is 0 Å². The van der Waals surface area contributed by atoms with E-state index in [1.54, 1.807) is 12.1 Å². The Morgan fingerprint density at radius 3 is 1.73 bits per heavy atom. The molecule has 0 saturated carbocycles. The predicted octanol–water partition coefficient (Wildman–Crippen LogP) is 7.78. The van der Waals surface area contributed by atoms with Crippen molar-refractivity contribution in [1.82, 2.24) is 4.72 Å². The normalized spacial score (nSPS) is 12.2. The first-order valence-electron chi connectivity index (χ1n) is 12.5. The van der Waals surface area contributed by atoms with Crippen LogP contribution >= 0.6 is 18.9 Å². The Morgan fingerprint density at radius 2 is 1.24 bits per heavy atom. The second kappa shape index (κ2) is 14.5. The van der Waals surface area contributed by atoms with E-state index in [-0.39, 0.29) is 0 Å². The molecule has 0 atom stereocenters. The summed E-state index contributed by atoms with van der Waals surface area (Å²) in [6.07, 6.45) is 13.6. The highest BCUT2D eigenvalue weighted by Gasteiger charge is 2.35. The van der Waals surface area contributed by atoms with Gasteiger partial charge in [0.05, 0.1) is 29.5 Å². The molecule has 1 N–H and O–H groups in total. The Hall–Kier alpha value is -0.930. The second-order valence-electron chi connectivity index (χ2n) is 9.15. The number of rotatable bonds is 16. The standard InChI is InChI=1S/C27H42ClNO2PS/c1-4-7-20-32(21-8-5-2,22-9-6-3)23-25-12-16-27(17-13-25)33(30,31)29-19-18-24-10-14-26(28)15-11-24/h10-17,29H,4-9,18-23H2,1-3H3/q+1. The van der Waals surface area contributed by atoms with E-state index in [0.717, 1.165) is 11.7 Å². The molecule has 0 aliphatic rings. The molecule has 2 rings (SSSR count). The topological polar surface area (TPSA) is 46.2 Å². The molecule has 2 aromatic rings. The summed E-state index contributed by atoms with van der Waals surface area (Å²) in [6, 6.07) is 15.2. The average Bonchev–Trinajstić information content (AvgIpc) is 2.81. The lowest BCUT2D eigenvalue weighted by molar-refractivity contribution is 0.581. The fraction of sp³-hybridized carbons (Fsp3) is 0.556. The number of unbranched alkanes of at least 4 members (excludes halogenated alkanes) is 3. The van der Waals surface area contributed by atoms with Gasteiger partial charge in [-0.05, 0) is 61.1 Å². The van der Waals surface area contributed by atoms with Crippen LogP contribution in [0.4, 0.5) is 0 Å². The molecule has 184 valence electrons. The van der Waals surface area contributed by atoms with Crippen LogP contribution < -0.4 is 4.72 Å². The Labute approximate surface area is 208 Å². The molecule has 6 heteroatoms. The largest absolute Gasteiger partial charge is 0.240 e. The van der Waals surface area contributed by atoms with Crippen LogP contribution in [0.3, 0.4) is 0 Å². The van der Waals surface area contributed by atoms with E-state index in [1.807, 2.05) is 36.4 Å². The van der Waals surface area contributed by atoms with Crippen molar-refractivity contribution < 1.29 is 8.42 Å². The summed E-state index contributed by atoms with van der Waals surface area (Å²) in [4.78, 5) is 0.349. The van der Waals surface area contributed by atoms with E-state index in [2.05, 4.69) is 25.5 Å². The fourth-order valence-electron chi connectivity index (χ4n) is 4.28. The minimum Gasteiger partial charge on any atom is -0.211 e. The zero-order chi connectivity index (χ0) is 24.2. The van der Waals surface area contributed by atoms with Crippen molar-refractivity contribution in [2.24, 2.45) is 0 Å². The molecular formula is C27H42ClNO2PS+. The molecule has 3 nitrogen and oxygen atoms in total. The molecule has 0 aliphatic heterocycles. The van der Waals surface area contributed by atoms with Crippen LogP contribution in [0.1, 0.15) is 70.4 Å². The van der Waals surface area contributed by atoms with Gasteiger partial charge in [-0.25, -0.2) is 13.1 Å². The number of halogens is 1. The molecule has 2 aromatic carbocycles. The highest BCUT2D eigenvalue weighted by atomic mass is 35.5. The molecule has 0 aliphatic carbocycles. The van der Waals surface area contributed by atoms with E-state index < -0.39 is 17.3 Å². The van der Waals surface area contributed by atoms with Crippen molar-refractivity contribution in [2.45, 2.75) is 76.8 Å². The van der Waals surface area contributed by atoms with Crippen molar-refractivity contribution in [3.63, 3.8) is 0 Å². The summed E-state index contributed by atoms with van der Waals surface area (Å²) in [7, 11) is -4.56. The lowest BCUT2D eigenvalue weighted by Gasteiger charge is -2.28. The Kier molecular flexibility index (Phi) is 12.4. The molecule has 0 aromatic heterocycles. The van der Waals surface area contributed by atoms with Crippen molar-refractivity contribution in [3.05, 3.63) is 64.7 Å². The van der Waals surface area contributed by atoms with Crippen molar-refractivity contribution in [2.75, 3.05) is 25.0 Å². The number of hydrogen-bond donors (Lipinski definition) is 1. The molecule has 0 spiro atoms. The van der Waals surface area contributed by atoms with Crippen LogP contribution in [0.15, 0.2) is 53.4 Å². The van der Waals surface area contributed by atoms with Gasteiger partial charge in [0.1, 0.15) is 0 Å². The summed E-state index contributed by atoms with van der Waals surface area (Å²) in [5.41, 5.74) is 2.36. The van der Waals surface area contributed by atoms with Crippen LogP contribution in [-0.2, 0) is 22.6 Å². The average molecular weight is 511 g/mol. The lowest BCUT2D eigenvalue weighted by atomic mass is 10.2. The summed E-state index contributed by atoms with van der Waals surface area (Å²) < 4.78 is 28.3. The summed E-state index contributed by atoms with van der Waals surface area (Å²) in [5.74, 6) is 0.